The van der Waals surface area contributed by atoms with E-state index in [2.05, 4.69) is 0 Å². The number of carboxylic acid groups (broad SMARTS) is 1. The first-order valence-corrected chi connectivity index (χ1v) is 6.74. The fourth-order valence-electron chi connectivity index (χ4n) is 2.77. The first-order chi connectivity index (χ1) is 10.4. The van der Waals surface area contributed by atoms with E-state index in [-0.39, 0.29) is 5.56 Å². The maximum Gasteiger partial charge on any atom is 0.320 e. The highest BCUT2D eigenvalue weighted by Gasteiger charge is 2.42. The number of carboxylic acids is 1. The summed E-state index contributed by atoms with van der Waals surface area (Å²) in [4.78, 5) is 22.3. The highest BCUT2D eigenvalue weighted by molar-refractivity contribution is 6.03. The van der Waals surface area contributed by atoms with Gasteiger partial charge in [-0.1, -0.05) is 36.4 Å². The smallest absolute Gasteiger partial charge is 0.320 e. The molecule has 3 nitrogen and oxygen atoms in total. The van der Waals surface area contributed by atoms with Gasteiger partial charge in [0, 0.05) is 5.56 Å². The van der Waals surface area contributed by atoms with Crippen LogP contribution in [0.3, 0.4) is 0 Å². The van der Waals surface area contributed by atoms with Gasteiger partial charge >= 0.3 is 11.9 Å². The monoisotopic (exact) mass is 302 g/mol. The number of ketones is 1. The van der Waals surface area contributed by atoms with E-state index in [4.69, 9.17) is 5.11 Å². The predicted molar refractivity (Wildman–Crippen MR) is 76.2 cm³/mol. The van der Waals surface area contributed by atoms with Gasteiger partial charge in [0.2, 0.25) is 5.78 Å². The van der Waals surface area contributed by atoms with Gasteiger partial charge in [-0.3, -0.25) is 9.59 Å². The zero-order chi connectivity index (χ0) is 15.9. The van der Waals surface area contributed by atoms with Crippen LogP contribution in [0.4, 0.5) is 8.78 Å². The number of alkyl halides is 2. The molecule has 0 atom stereocenters. The molecule has 0 saturated carbocycles. The average molecular weight is 302 g/mol. The van der Waals surface area contributed by atoms with Gasteiger partial charge < -0.3 is 5.11 Å². The number of Topliss-reactive ketones (excluding diaryl/α,β-unsaturated/α-hetero) is 1. The van der Waals surface area contributed by atoms with Crippen LogP contribution in [0.25, 0.3) is 11.1 Å². The van der Waals surface area contributed by atoms with Crippen LogP contribution >= 0.6 is 0 Å². The number of carbonyl (C=O) groups is 2. The molecule has 1 aliphatic carbocycles. The zero-order valence-corrected chi connectivity index (χ0v) is 11.5. The number of rotatable bonds is 4. The summed E-state index contributed by atoms with van der Waals surface area (Å²) in [5, 5.41) is 8.49. The standard InChI is InChI=1S/C17H12F2O3/c18-17(19,9-15(20)21)16(22)11-5-6-14-12(8-11)7-10-3-1-2-4-13(10)14/h1-6,8H,7,9H2,(H,20,21). The van der Waals surface area contributed by atoms with E-state index in [1.165, 1.54) is 12.1 Å². The molecular formula is C17H12F2O3. The zero-order valence-electron chi connectivity index (χ0n) is 11.5. The van der Waals surface area contributed by atoms with Crippen molar-refractivity contribution in [2.45, 2.75) is 18.8 Å². The molecule has 0 spiro atoms. The SMILES string of the molecule is O=C(O)CC(F)(F)C(=O)c1ccc2c(c1)Cc1ccccc1-2. The van der Waals surface area contributed by atoms with E-state index < -0.39 is 24.1 Å². The van der Waals surface area contributed by atoms with E-state index in [1.807, 2.05) is 24.3 Å². The van der Waals surface area contributed by atoms with Crippen LogP contribution in [-0.2, 0) is 11.2 Å². The van der Waals surface area contributed by atoms with Crippen LogP contribution in [0.1, 0.15) is 27.9 Å². The minimum Gasteiger partial charge on any atom is -0.481 e. The number of halogens is 2. The molecule has 0 saturated heterocycles. The molecule has 0 heterocycles. The molecule has 5 heteroatoms. The minimum absolute atomic E-state index is 0.155. The molecule has 2 aromatic carbocycles. The van der Waals surface area contributed by atoms with E-state index in [0.717, 1.165) is 22.3 Å². The fraction of sp³-hybridized carbons (Fsp3) is 0.176. The average Bonchev–Trinajstić information content (AvgIpc) is 2.82. The van der Waals surface area contributed by atoms with Crippen molar-refractivity contribution in [3.8, 4) is 11.1 Å². The van der Waals surface area contributed by atoms with Crippen LogP contribution in [0.5, 0.6) is 0 Å². The molecule has 0 amide bonds. The van der Waals surface area contributed by atoms with Crippen molar-refractivity contribution in [3.63, 3.8) is 0 Å². The summed E-state index contributed by atoms with van der Waals surface area (Å²) in [5.74, 6) is -7.05. The van der Waals surface area contributed by atoms with Crippen molar-refractivity contribution in [3.05, 3.63) is 59.2 Å². The third-order valence-electron chi connectivity index (χ3n) is 3.76. The Balaban J connectivity index is 1.95. The van der Waals surface area contributed by atoms with Gasteiger partial charge in [0.25, 0.3) is 0 Å². The molecule has 0 unspecified atom stereocenters. The maximum atomic E-state index is 13.6. The van der Waals surface area contributed by atoms with Crippen molar-refractivity contribution in [2.24, 2.45) is 0 Å². The molecule has 0 radical (unpaired) electrons. The Morgan fingerprint density at radius 3 is 2.45 bits per heavy atom. The molecule has 1 aliphatic rings. The van der Waals surface area contributed by atoms with Crippen LogP contribution < -0.4 is 0 Å². The highest BCUT2D eigenvalue weighted by Crippen LogP contribution is 2.37. The van der Waals surface area contributed by atoms with Gasteiger partial charge in [-0.2, -0.15) is 8.78 Å². The molecule has 0 bridgehead atoms. The second-order valence-electron chi connectivity index (χ2n) is 5.31. The first-order valence-electron chi connectivity index (χ1n) is 6.74. The maximum absolute atomic E-state index is 13.6. The van der Waals surface area contributed by atoms with Crippen molar-refractivity contribution < 1.29 is 23.5 Å². The van der Waals surface area contributed by atoms with E-state index >= 15 is 0 Å². The third-order valence-corrected chi connectivity index (χ3v) is 3.76. The summed E-state index contributed by atoms with van der Waals surface area (Å²) in [6.45, 7) is 0. The van der Waals surface area contributed by atoms with Crippen LogP contribution in [0.15, 0.2) is 42.5 Å². The van der Waals surface area contributed by atoms with Crippen molar-refractivity contribution in [2.75, 3.05) is 0 Å². The third kappa shape index (κ3) is 2.39. The quantitative estimate of drug-likeness (QED) is 0.750. The van der Waals surface area contributed by atoms with Gasteiger partial charge in [0.1, 0.15) is 6.42 Å². The molecular weight excluding hydrogens is 290 g/mol. The Hall–Kier alpha value is -2.56. The van der Waals surface area contributed by atoms with Crippen molar-refractivity contribution >= 4 is 11.8 Å². The van der Waals surface area contributed by atoms with Crippen molar-refractivity contribution in [1.82, 2.24) is 0 Å². The topological polar surface area (TPSA) is 54.4 Å². The second-order valence-corrected chi connectivity index (χ2v) is 5.31. The predicted octanol–water partition coefficient (Wildman–Crippen LogP) is 3.55. The van der Waals surface area contributed by atoms with Crippen LogP contribution in [0.2, 0.25) is 0 Å². The molecule has 0 aromatic heterocycles. The van der Waals surface area contributed by atoms with Gasteiger partial charge in [0.05, 0.1) is 0 Å². The Kier molecular flexibility index (Phi) is 3.28. The molecule has 0 aliphatic heterocycles. The second kappa shape index (κ2) is 5.02. The summed E-state index contributed by atoms with van der Waals surface area (Å²) < 4.78 is 27.3. The fourth-order valence-corrected chi connectivity index (χ4v) is 2.77. The lowest BCUT2D eigenvalue weighted by Gasteiger charge is -2.13. The summed E-state index contributed by atoms with van der Waals surface area (Å²) in [5.41, 5.74) is 3.69. The normalized spacial score (nSPS) is 12.6. The van der Waals surface area contributed by atoms with Gasteiger partial charge in [-0.05, 0) is 34.7 Å². The lowest BCUT2D eigenvalue weighted by Crippen LogP contribution is -2.31. The molecule has 1 N–H and O–H groups in total. The van der Waals surface area contributed by atoms with E-state index in [1.54, 1.807) is 6.07 Å². The number of aliphatic carboxylic acids is 1. The number of fused-ring (bicyclic) bond motifs is 3. The van der Waals surface area contributed by atoms with Crippen LogP contribution in [-0.4, -0.2) is 22.8 Å². The summed E-state index contributed by atoms with van der Waals surface area (Å²) in [7, 11) is 0. The summed E-state index contributed by atoms with van der Waals surface area (Å²) in [6.07, 6.45) is -0.916. The van der Waals surface area contributed by atoms with E-state index in [0.29, 0.717) is 6.42 Å². The number of carbonyl (C=O) groups excluding carboxylic acids is 1. The Morgan fingerprint density at radius 1 is 1.05 bits per heavy atom. The highest BCUT2D eigenvalue weighted by atomic mass is 19.3. The molecule has 2 aromatic rings. The molecule has 3 rings (SSSR count). The number of hydrogen-bond acceptors (Lipinski definition) is 2. The molecule has 22 heavy (non-hydrogen) atoms. The lowest BCUT2D eigenvalue weighted by molar-refractivity contribution is -0.142. The largest absolute Gasteiger partial charge is 0.481 e. The van der Waals surface area contributed by atoms with Gasteiger partial charge in [-0.15, -0.1) is 0 Å². The van der Waals surface area contributed by atoms with Crippen molar-refractivity contribution in [1.29, 1.82) is 0 Å². The summed E-state index contributed by atoms with van der Waals surface area (Å²) >= 11 is 0. The number of hydrogen-bond donors (Lipinski definition) is 1. The Morgan fingerprint density at radius 2 is 1.73 bits per heavy atom. The lowest BCUT2D eigenvalue weighted by atomic mass is 9.98. The Labute approximate surface area is 125 Å². The molecule has 112 valence electrons. The summed E-state index contributed by atoms with van der Waals surface area (Å²) in [6, 6.07) is 12.1. The van der Waals surface area contributed by atoms with Gasteiger partial charge in [-0.25, -0.2) is 0 Å². The first kappa shape index (κ1) is 14.4. The van der Waals surface area contributed by atoms with Crippen LogP contribution in [0, 0.1) is 0 Å². The number of benzene rings is 2. The van der Waals surface area contributed by atoms with Gasteiger partial charge in [0.15, 0.2) is 0 Å². The Bertz CT molecular complexity index is 781. The minimum atomic E-state index is -3.90. The van der Waals surface area contributed by atoms with E-state index in [9.17, 15) is 18.4 Å². The molecule has 0 fully saturated rings.